The predicted molar refractivity (Wildman–Crippen MR) is 94.3 cm³/mol. The first-order chi connectivity index (χ1) is 11.1. The molecule has 0 spiro atoms. The summed E-state index contributed by atoms with van der Waals surface area (Å²) >= 11 is 3.40. The smallest absolute Gasteiger partial charge is 0.331 e. The van der Waals surface area contributed by atoms with Crippen LogP contribution >= 0.6 is 15.9 Å². The Labute approximate surface area is 145 Å². The quantitative estimate of drug-likeness (QED) is 0.607. The van der Waals surface area contributed by atoms with Crippen LogP contribution in [-0.2, 0) is 0 Å². The summed E-state index contributed by atoms with van der Waals surface area (Å²) in [6.07, 6.45) is 9.28. The molecule has 1 aromatic rings. The van der Waals surface area contributed by atoms with Gasteiger partial charge in [-0.2, -0.15) is 5.10 Å². The van der Waals surface area contributed by atoms with Gasteiger partial charge in [0.2, 0.25) is 0 Å². The van der Waals surface area contributed by atoms with E-state index in [1.807, 2.05) is 24.3 Å². The van der Waals surface area contributed by atoms with Crippen LogP contribution in [-0.4, -0.2) is 17.8 Å². The molecule has 23 heavy (non-hydrogen) atoms. The van der Waals surface area contributed by atoms with Gasteiger partial charge in [0.25, 0.3) is 0 Å². The van der Waals surface area contributed by atoms with Crippen LogP contribution in [0, 0.1) is 17.8 Å². The predicted octanol–water partition coefficient (Wildman–Crippen LogP) is 4.05. The molecule has 5 heteroatoms. The Bertz CT molecular complexity index is 590. The third kappa shape index (κ3) is 3.30. The minimum absolute atomic E-state index is 0.0337. The number of carbonyl (C=O) groups excluding carboxylic acids is 1. The van der Waals surface area contributed by atoms with Crippen molar-refractivity contribution < 1.29 is 4.79 Å². The zero-order chi connectivity index (χ0) is 15.9. The van der Waals surface area contributed by atoms with Crippen molar-refractivity contribution in [3.63, 3.8) is 0 Å². The fourth-order valence-corrected chi connectivity index (χ4v) is 5.51. The standard InChI is InChI=1S/C18H22BrN3O/c19-16-3-1-12(2-4-16)11-20-22-17(23)21-18-8-13-5-14(9-18)7-15(6-13)10-18/h1-4,11,13-15H,5-10H2,(H2,21,22,23)/b20-11+. The van der Waals surface area contributed by atoms with Crippen LogP contribution in [0.3, 0.4) is 0 Å². The third-order valence-corrected chi connectivity index (χ3v) is 6.20. The molecule has 2 amide bonds. The number of rotatable bonds is 3. The van der Waals surface area contributed by atoms with E-state index in [1.165, 1.54) is 19.3 Å². The van der Waals surface area contributed by atoms with Crippen LogP contribution in [0.4, 0.5) is 4.79 Å². The molecular formula is C18H22BrN3O. The van der Waals surface area contributed by atoms with Gasteiger partial charge in [-0.1, -0.05) is 28.1 Å². The molecule has 4 aliphatic carbocycles. The Morgan fingerprint density at radius 1 is 1.09 bits per heavy atom. The average molecular weight is 376 g/mol. The lowest BCUT2D eigenvalue weighted by Gasteiger charge is -2.56. The lowest BCUT2D eigenvalue weighted by atomic mass is 9.53. The second kappa shape index (κ2) is 5.93. The third-order valence-electron chi connectivity index (χ3n) is 5.67. The summed E-state index contributed by atoms with van der Waals surface area (Å²) in [6, 6.07) is 7.65. The maximum atomic E-state index is 12.2. The average Bonchev–Trinajstić information content (AvgIpc) is 2.47. The second-order valence-electron chi connectivity index (χ2n) is 7.57. The summed E-state index contributed by atoms with van der Waals surface area (Å²) in [5.41, 5.74) is 3.62. The molecular weight excluding hydrogens is 354 g/mol. The highest BCUT2D eigenvalue weighted by molar-refractivity contribution is 9.10. The molecule has 4 fully saturated rings. The highest BCUT2D eigenvalue weighted by Gasteiger charge is 2.51. The largest absolute Gasteiger partial charge is 0.335 e. The van der Waals surface area contributed by atoms with Gasteiger partial charge in [-0.25, -0.2) is 10.2 Å². The maximum absolute atomic E-state index is 12.2. The minimum Gasteiger partial charge on any atom is -0.331 e. The molecule has 4 nitrogen and oxygen atoms in total. The van der Waals surface area contributed by atoms with Gasteiger partial charge in [0, 0.05) is 10.0 Å². The van der Waals surface area contributed by atoms with Crippen molar-refractivity contribution in [2.45, 2.75) is 44.1 Å². The van der Waals surface area contributed by atoms with Crippen LogP contribution in [0.2, 0.25) is 0 Å². The van der Waals surface area contributed by atoms with Gasteiger partial charge in [-0.15, -0.1) is 0 Å². The fourth-order valence-electron chi connectivity index (χ4n) is 5.25. The van der Waals surface area contributed by atoms with Crippen molar-refractivity contribution in [2.24, 2.45) is 22.9 Å². The zero-order valence-corrected chi connectivity index (χ0v) is 14.7. The molecule has 122 valence electrons. The minimum atomic E-state index is -0.166. The number of hydrogen-bond donors (Lipinski definition) is 2. The molecule has 1 aromatic carbocycles. The van der Waals surface area contributed by atoms with E-state index in [-0.39, 0.29) is 11.6 Å². The van der Waals surface area contributed by atoms with Gasteiger partial charge < -0.3 is 5.32 Å². The Balaban J connectivity index is 1.34. The van der Waals surface area contributed by atoms with Crippen LogP contribution in [0.15, 0.2) is 33.8 Å². The zero-order valence-electron chi connectivity index (χ0n) is 13.1. The molecule has 0 aliphatic heterocycles. The number of carbonyl (C=O) groups is 1. The summed E-state index contributed by atoms with van der Waals surface area (Å²) in [4.78, 5) is 12.2. The first kappa shape index (κ1) is 15.2. The molecule has 4 bridgehead atoms. The fraction of sp³-hybridized carbons (Fsp3) is 0.556. The summed E-state index contributed by atoms with van der Waals surface area (Å²) < 4.78 is 1.03. The normalized spacial score (nSPS) is 34.7. The van der Waals surface area contributed by atoms with E-state index in [9.17, 15) is 4.79 Å². The van der Waals surface area contributed by atoms with E-state index in [4.69, 9.17) is 0 Å². The van der Waals surface area contributed by atoms with Crippen molar-refractivity contribution in [3.8, 4) is 0 Å². The molecule has 0 unspecified atom stereocenters. The van der Waals surface area contributed by atoms with E-state index in [0.717, 1.165) is 47.1 Å². The molecule has 0 saturated heterocycles. The number of amides is 2. The summed E-state index contributed by atoms with van der Waals surface area (Å²) in [5.74, 6) is 2.48. The van der Waals surface area contributed by atoms with E-state index in [2.05, 4.69) is 31.8 Å². The highest BCUT2D eigenvalue weighted by atomic mass is 79.9. The molecule has 0 heterocycles. The van der Waals surface area contributed by atoms with Crippen LogP contribution in [0.5, 0.6) is 0 Å². The number of nitrogens with one attached hydrogen (secondary N) is 2. The number of halogens is 1. The molecule has 4 aliphatic rings. The van der Waals surface area contributed by atoms with Crippen LogP contribution < -0.4 is 10.7 Å². The lowest BCUT2D eigenvalue weighted by Crippen LogP contribution is -2.61. The van der Waals surface area contributed by atoms with Gasteiger partial charge in [-0.05, 0) is 74.0 Å². The van der Waals surface area contributed by atoms with Gasteiger partial charge in [0.1, 0.15) is 0 Å². The number of hydrazone groups is 1. The maximum Gasteiger partial charge on any atom is 0.335 e. The Morgan fingerprint density at radius 3 is 2.22 bits per heavy atom. The van der Waals surface area contributed by atoms with Crippen molar-refractivity contribution in [2.75, 3.05) is 0 Å². The highest BCUT2D eigenvalue weighted by Crippen LogP contribution is 2.55. The number of hydrogen-bond acceptors (Lipinski definition) is 2. The van der Waals surface area contributed by atoms with E-state index in [1.54, 1.807) is 6.21 Å². The molecule has 4 saturated carbocycles. The SMILES string of the molecule is O=C(N/N=C/c1ccc(Br)cc1)NC12CC3CC(CC(C3)C1)C2. The van der Waals surface area contributed by atoms with Crippen molar-refractivity contribution in [1.82, 2.24) is 10.7 Å². The van der Waals surface area contributed by atoms with Gasteiger partial charge in [0.05, 0.1) is 6.21 Å². The monoisotopic (exact) mass is 375 g/mol. The first-order valence-electron chi connectivity index (χ1n) is 8.47. The summed E-state index contributed by atoms with van der Waals surface area (Å²) in [7, 11) is 0. The first-order valence-corrected chi connectivity index (χ1v) is 9.26. The molecule has 5 rings (SSSR count). The number of nitrogens with zero attached hydrogens (tertiary/aromatic N) is 1. The van der Waals surface area contributed by atoms with E-state index >= 15 is 0 Å². The number of benzene rings is 1. The number of urea groups is 1. The Kier molecular flexibility index (Phi) is 3.92. The molecule has 0 atom stereocenters. The van der Waals surface area contributed by atoms with E-state index < -0.39 is 0 Å². The Morgan fingerprint density at radius 2 is 1.65 bits per heavy atom. The van der Waals surface area contributed by atoms with Crippen LogP contribution in [0.1, 0.15) is 44.1 Å². The second-order valence-corrected chi connectivity index (χ2v) is 8.49. The molecule has 2 N–H and O–H groups in total. The van der Waals surface area contributed by atoms with Crippen molar-refractivity contribution in [1.29, 1.82) is 0 Å². The van der Waals surface area contributed by atoms with Crippen molar-refractivity contribution >= 4 is 28.2 Å². The van der Waals surface area contributed by atoms with E-state index in [0.29, 0.717) is 0 Å². The van der Waals surface area contributed by atoms with Gasteiger partial charge >= 0.3 is 6.03 Å². The van der Waals surface area contributed by atoms with Gasteiger partial charge in [0.15, 0.2) is 0 Å². The van der Waals surface area contributed by atoms with Crippen molar-refractivity contribution in [3.05, 3.63) is 34.3 Å². The summed E-state index contributed by atoms with van der Waals surface area (Å²) in [6.45, 7) is 0. The molecule has 0 radical (unpaired) electrons. The van der Waals surface area contributed by atoms with Crippen LogP contribution in [0.25, 0.3) is 0 Å². The lowest BCUT2D eigenvalue weighted by molar-refractivity contribution is -0.0135. The topological polar surface area (TPSA) is 53.5 Å². The summed E-state index contributed by atoms with van der Waals surface area (Å²) in [5, 5.41) is 7.32. The van der Waals surface area contributed by atoms with Gasteiger partial charge in [-0.3, -0.25) is 0 Å². The molecule has 0 aromatic heterocycles. The Hall–Kier alpha value is -1.36.